The van der Waals surface area contributed by atoms with E-state index in [-0.39, 0.29) is 0 Å². The maximum atomic E-state index is 5.84. The van der Waals surface area contributed by atoms with Crippen molar-refractivity contribution in [1.82, 2.24) is 15.0 Å². The molecule has 128 valence electrons. The van der Waals surface area contributed by atoms with Gasteiger partial charge in [-0.3, -0.25) is 9.97 Å². The molecule has 3 aromatic heterocycles. The van der Waals surface area contributed by atoms with Crippen LogP contribution in [0.25, 0.3) is 10.4 Å². The summed E-state index contributed by atoms with van der Waals surface area (Å²) in [6.07, 6.45) is 9.32. The van der Waals surface area contributed by atoms with Crippen LogP contribution in [0.1, 0.15) is 11.1 Å². The van der Waals surface area contributed by atoms with Crippen LogP contribution in [0.5, 0.6) is 11.6 Å². The van der Waals surface area contributed by atoms with E-state index in [1.165, 1.54) is 11.1 Å². The van der Waals surface area contributed by atoms with Crippen molar-refractivity contribution in [3.8, 4) is 22.1 Å². The molecule has 1 aromatic carbocycles. The molecule has 0 bridgehead atoms. The molecule has 4 nitrogen and oxygen atoms in total. The lowest BCUT2D eigenvalue weighted by atomic mass is 10.1. The molecule has 0 atom stereocenters. The topological polar surface area (TPSA) is 47.9 Å². The Kier molecular flexibility index (Phi) is 4.98. The predicted molar refractivity (Wildman–Crippen MR) is 104 cm³/mol. The van der Waals surface area contributed by atoms with E-state index in [0.29, 0.717) is 5.88 Å². The molecule has 0 aliphatic rings. The van der Waals surface area contributed by atoms with Gasteiger partial charge in [-0.05, 0) is 59.9 Å². The first-order valence-corrected chi connectivity index (χ1v) is 9.25. The van der Waals surface area contributed by atoms with Gasteiger partial charge in [0.25, 0.3) is 0 Å². The highest BCUT2D eigenvalue weighted by Gasteiger charge is 2.03. The summed E-state index contributed by atoms with van der Waals surface area (Å²) in [6, 6.07) is 16.0. The van der Waals surface area contributed by atoms with Gasteiger partial charge in [0.1, 0.15) is 5.75 Å². The Labute approximate surface area is 156 Å². The van der Waals surface area contributed by atoms with Gasteiger partial charge in [-0.1, -0.05) is 12.1 Å². The van der Waals surface area contributed by atoms with Crippen LogP contribution >= 0.6 is 11.3 Å². The van der Waals surface area contributed by atoms with E-state index in [0.717, 1.165) is 29.0 Å². The molecule has 0 saturated carbocycles. The van der Waals surface area contributed by atoms with Crippen LogP contribution in [0.4, 0.5) is 0 Å². The zero-order chi connectivity index (χ0) is 17.6. The second-order valence-electron chi connectivity index (χ2n) is 5.86. The molecule has 26 heavy (non-hydrogen) atoms. The van der Waals surface area contributed by atoms with Gasteiger partial charge in [0, 0.05) is 30.9 Å². The number of hydrogen-bond donors (Lipinski definition) is 0. The summed E-state index contributed by atoms with van der Waals surface area (Å²) in [5.74, 6) is 1.37. The fourth-order valence-corrected chi connectivity index (χ4v) is 3.25. The highest BCUT2D eigenvalue weighted by Crippen LogP contribution is 2.27. The van der Waals surface area contributed by atoms with Gasteiger partial charge in [0.2, 0.25) is 5.88 Å². The molecule has 0 aliphatic heterocycles. The number of hydrogen-bond acceptors (Lipinski definition) is 5. The normalized spacial score (nSPS) is 10.6. The van der Waals surface area contributed by atoms with E-state index < -0.39 is 0 Å². The fraction of sp³-hybridized carbons (Fsp3) is 0.0952. The SMILES string of the molecule is c1cncc(CCc2ccc(Oc3ccc(-c4cncs4)cc3)nc2)c1. The van der Waals surface area contributed by atoms with Gasteiger partial charge in [-0.2, -0.15) is 0 Å². The first-order chi connectivity index (χ1) is 12.9. The molecule has 0 unspecified atom stereocenters. The second-order valence-corrected chi connectivity index (χ2v) is 6.74. The van der Waals surface area contributed by atoms with Crippen molar-refractivity contribution in [3.05, 3.63) is 90.0 Å². The van der Waals surface area contributed by atoms with Crippen molar-refractivity contribution in [2.45, 2.75) is 12.8 Å². The van der Waals surface area contributed by atoms with Gasteiger partial charge in [0.15, 0.2) is 0 Å². The van der Waals surface area contributed by atoms with Crippen molar-refractivity contribution < 1.29 is 4.74 Å². The lowest BCUT2D eigenvalue weighted by Gasteiger charge is -2.07. The van der Waals surface area contributed by atoms with E-state index in [2.05, 4.69) is 27.1 Å². The van der Waals surface area contributed by atoms with Gasteiger partial charge in [0.05, 0.1) is 10.4 Å². The van der Waals surface area contributed by atoms with Gasteiger partial charge in [-0.15, -0.1) is 11.3 Å². The maximum absolute atomic E-state index is 5.84. The highest BCUT2D eigenvalue weighted by molar-refractivity contribution is 7.13. The van der Waals surface area contributed by atoms with Crippen LogP contribution in [-0.2, 0) is 12.8 Å². The molecular weight excluding hydrogens is 342 g/mol. The number of ether oxygens (including phenoxy) is 1. The summed E-state index contributed by atoms with van der Waals surface area (Å²) < 4.78 is 5.84. The molecule has 0 spiro atoms. The van der Waals surface area contributed by atoms with Crippen LogP contribution in [-0.4, -0.2) is 15.0 Å². The summed E-state index contributed by atoms with van der Waals surface area (Å²) in [7, 11) is 0. The molecule has 0 saturated heterocycles. The standard InChI is InChI=1S/C21H17N3OS/c1-2-16(12-22-11-1)3-4-17-5-10-21(24-13-17)25-19-8-6-18(7-9-19)20-14-23-15-26-20/h1-2,5-15H,3-4H2. The Morgan fingerprint density at radius 1 is 0.808 bits per heavy atom. The Hall–Kier alpha value is -3.05. The predicted octanol–water partition coefficient (Wildman–Crippen LogP) is 5.18. The molecule has 0 radical (unpaired) electrons. The molecule has 0 aliphatic carbocycles. The molecule has 0 N–H and O–H groups in total. The number of thiazole rings is 1. The van der Waals surface area contributed by atoms with Crippen molar-refractivity contribution in [1.29, 1.82) is 0 Å². The minimum Gasteiger partial charge on any atom is -0.439 e. The average molecular weight is 359 g/mol. The zero-order valence-corrected chi connectivity index (χ0v) is 14.9. The molecule has 4 aromatic rings. The summed E-state index contributed by atoms with van der Waals surface area (Å²) in [5.41, 5.74) is 5.38. The van der Waals surface area contributed by atoms with Crippen LogP contribution in [0, 0.1) is 0 Å². The smallest absolute Gasteiger partial charge is 0.219 e. The van der Waals surface area contributed by atoms with Crippen molar-refractivity contribution >= 4 is 11.3 Å². The summed E-state index contributed by atoms with van der Waals surface area (Å²) in [6.45, 7) is 0. The quantitative estimate of drug-likeness (QED) is 0.476. The Balaban J connectivity index is 1.36. The maximum Gasteiger partial charge on any atom is 0.219 e. The lowest BCUT2D eigenvalue weighted by Crippen LogP contribution is -1.94. The number of benzene rings is 1. The first-order valence-electron chi connectivity index (χ1n) is 8.37. The van der Waals surface area contributed by atoms with E-state index >= 15 is 0 Å². The van der Waals surface area contributed by atoms with Gasteiger partial charge < -0.3 is 4.74 Å². The fourth-order valence-electron chi connectivity index (χ4n) is 2.62. The summed E-state index contributed by atoms with van der Waals surface area (Å²) in [5, 5.41) is 0. The Bertz CT molecular complexity index is 937. The Morgan fingerprint density at radius 2 is 1.65 bits per heavy atom. The van der Waals surface area contributed by atoms with E-state index in [9.17, 15) is 0 Å². The van der Waals surface area contributed by atoms with Crippen LogP contribution in [0.15, 0.2) is 78.8 Å². The molecule has 0 amide bonds. The third-order valence-electron chi connectivity index (χ3n) is 4.02. The molecular formula is C21H17N3OS. The summed E-state index contributed by atoms with van der Waals surface area (Å²) in [4.78, 5) is 13.8. The van der Waals surface area contributed by atoms with Crippen molar-refractivity contribution in [2.24, 2.45) is 0 Å². The molecule has 5 heteroatoms. The van der Waals surface area contributed by atoms with E-state index in [4.69, 9.17) is 4.74 Å². The van der Waals surface area contributed by atoms with Crippen molar-refractivity contribution in [2.75, 3.05) is 0 Å². The first kappa shape index (κ1) is 16.4. The highest BCUT2D eigenvalue weighted by atomic mass is 32.1. The lowest BCUT2D eigenvalue weighted by molar-refractivity contribution is 0.462. The number of aromatic nitrogens is 3. The minimum atomic E-state index is 0.598. The number of nitrogens with zero attached hydrogens (tertiary/aromatic N) is 3. The van der Waals surface area contributed by atoms with E-state index in [1.807, 2.05) is 60.5 Å². The second kappa shape index (κ2) is 7.89. The van der Waals surface area contributed by atoms with Crippen molar-refractivity contribution in [3.63, 3.8) is 0 Å². The summed E-state index contributed by atoms with van der Waals surface area (Å²) >= 11 is 1.62. The Morgan fingerprint density at radius 3 is 2.31 bits per heavy atom. The zero-order valence-electron chi connectivity index (χ0n) is 14.1. The van der Waals surface area contributed by atoms with Crippen LogP contribution < -0.4 is 4.74 Å². The third kappa shape index (κ3) is 4.13. The molecule has 4 rings (SSSR count). The number of pyridine rings is 2. The minimum absolute atomic E-state index is 0.598. The van der Waals surface area contributed by atoms with E-state index in [1.54, 1.807) is 17.5 Å². The average Bonchev–Trinajstić information content (AvgIpc) is 3.24. The van der Waals surface area contributed by atoms with Crippen LogP contribution in [0.3, 0.4) is 0 Å². The number of aryl methyl sites for hydroxylation is 2. The molecule has 3 heterocycles. The largest absolute Gasteiger partial charge is 0.439 e. The van der Waals surface area contributed by atoms with Gasteiger partial charge >= 0.3 is 0 Å². The number of rotatable bonds is 6. The monoisotopic (exact) mass is 359 g/mol. The third-order valence-corrected chi connectivity index (χ3v) is 4.84. The van der Waals surface area contributed by atoms with Crippen LogP contribution in [0.2, 0.25) is 0 Å². The van der Waals surface area contributed by atoms with Gasteiger partial charge in [-0.25, -0.2) is 4.98 Å². The molecule has 0 fully saturated rings.